The van der Waals surface area contributed by atoms with Gasteiger partial charge in [0.15, 0.2) is 11.5 Å². The van der Waals surface area contributed by atoms with Gasteiger partial charge < -0.3 is 19.5 Å². The molecule has 8 heteroatoms. The average Bonchev–Trinajstić information content (AvgIpc) is 3.42. The molecule has 4 aromatic rings. The molecule has 2 N–H and O–H groups in total. The number of aromatic hydroxyl groups is 1. The second-order valence-electron chi connectivity index (χ2n) is 8.78. The molecule has 1 atom stereocenters. The average molecular weight is 548 g/mol. The van der Waals surface area contributed by atoms with E-state index < -0.39 is 0 Å². The molecule has 0 aliphatic carbocycles. The van der Waals surface area contributed by atoms with Gasteiger partial charge in [-0.15, -0.1) is 0 Å². The number of nitrogens with zero attached hydrogens (tertiary/aromatic N) is 2. The first kappa shape index (κ1) is 23.9. The third kappa shape index (κ3) is 4.22. The number of phenolic OH excluding ortho intramolecular Hbond substituents is 1. The van der Waals surface area contributed by atoms with Crippen LogP contribution in [0.4, 0.5) is 0 Å². The van der Waals surface area contributed by atoms with Gasteiger partial charge in [0, 0.05) is 22.1 Å². The molecule has 1 unspecified atom stereocenters. The maximum absolute atomic E-state index is 13.6. The van der Waals surface area contributed by atoms with Crippen molar-refractivity contribution in [3.05, 3.63) is 93.1 Å². The molecule has 1 aliphatic heterocycles. The third-order valence-electron chi connectivity index (χ3n) is 6.52. The molecule has 0 spiro atoms. The molecule has 1 aliphatic rings. The number of rotatable bonds is 7. The first-order valence-corrected chi connectivity index (χ1v) is 12.4. The van der Waals surface area contributed by atoms with Gasteiger partial charge >= 0.3 is 0 Å². The smallest absolute Gasteiger partial charge is 0.273 e. The number of halogens is 1. The highest BCUT2D eigenvalue weighted by molar-refractivity contribution is 9.10. The van der Waals surface area contributed by atoms with Crippen LogP contribution >= 0.6 is 15.9 Å². The predicted octanol–water partition coefficient (Wildman–Crippen LogP) is 5.66. The number of ether oxygens (including phenoxy) is 2. The van der Waals surface area contributed by atoms with Crippen LogP contribution in [0.2, 0.25) is 0 Å². The number of hydrogen-bond acceptors (Lipinski definition) is 5. The molecule has 184 valence electrons. The van der Waals surface area contributed by atoms with Crippen LogP contribution in [-0.2, 0) is 6.42 Å². The van der Waals surface area contributed by atoms with Gasteiger partial charge in [-0.3, -0.25) is 9.89 Å². The summed E-state index contributed by atoms with van der Waals surface area (Å²) < 4.78 is 11.7. The summed E-state index contributed by atoms with van der Waals surface area (Å²) in [4.78, 5) is 15.5. The molecule has 7 nitrogen and oxygen atoms in total. The van der Waals surface area contributed by atoms with Crippen LogP contribution in [0.1, 0.15) is 38.8 Å². The Morgan fingerprint density at radius 3 is 2.61 bits per heavy atom. The van der Waals surface area contributed by atoms with Gasteiger partial charge in [0.25, 0.3) is 5.91 Å². The highest BCUT2D eigenvalue weighted by Crippen LogP contribution is 2.45. The number of phenols is 1. The predicted molar refractivity (Wildman–Crippen MR) is 141 cm³/mol. The minimum absolute atomic E-state index is 0.124. The topological polar surface area (TPSA) is 87.7 Å². The normalized spacial score (nSPS) is 14.7. The monoisotopic (exact) mass is 547 g/mol. The molecule has 0 fully saturated rings. The summed E-state index contributed by atoms with van der Waals surface area (Å²) in [6.07, 6.45) is 0.624. The Balaban J connectivity index is 1.56. The van der Waals surface area contributed by atoms with Crippen molar-refractivity contribution >= 4 is 21.8 Å². The molecule has 0 radical (unpaired) electrons. The summed E-state index contributed by atoms with van der Waals surface area (Å²) >= 11 is 3.57. The zero-order valence-corrected chi connectivity index (χ0v) is 21.8. The number of benzene rings is 3. The standard InChI is InChI=1S/C28H26BrN3O4/c1-16-7-9-21(33)20(13-16)25-24-26(31-30-25)28(34)32(27(24)18-5-4-6-19(29)15-18)12-11-17-8-10-22(35-2)23(14-17)36-3/h4-10,13-15,27,33H,11-12H2,1-3H3,(H,30,31). The Kier molecular flexibility index (Phi) is 6.45. The molecule has 1 amide bonds. The van der Waals surface area contributed by atoms with E-state index in [2.05, 4.69) is 26.1 Å². The van der Waals surface area contributed by atoms with E-state index in [1.807, 2.05) is 66.4 Å². The van der Waals surface area contributed by atoms with Gasteiger partial charge in [-0.25, -0.2) is 0 Å². The van der Waals surface area contributed by atoms with Crippen LogP contribution in [0.3, 0.4) is 0 Å². The second-order valence-corrected chi connectivity index (χ2v) is 9.69. The number of aromatic nitrogens is 2. The van der Waals surface area contributed by atoms with Crippen LogP contribution in [0, 0.1) is 6.92 Å². The molecule has 0 saturated carbocycles. The molecule has 1 aromatic heterocycles. The largest absolute Gasteiger partial charge is 0.507 e. The number of carbonyl (C=O) groups excluding carboxylic acids is 1. The van der Waals surface area contributed by atoms with Gasteiger partial charge in [-0.2, -0.15) is 5.10 Å². The number of fused-ring (bicyclic) bond motifs is 1. The van der Waals surface area contributed by atoms with Crippen molar-refractivity contribution in [3.63, 3.8) is 0 Å². The van der Waals surface area contributed by atoms with Crippen molar-refractivity contribution in [1.82, 2.24) is 15.1 Å². The molecule has 0 saturated heterocycles. The number of amides is 1. The van der Waals surface area contributed by atoms with Crippen molar-refractivity contribution in [2.24, 2.45) is 0 Å². The van der Waals surface area contributed by atoms with Gasteiger partial charge in [0.1, 0.15) is 17.1 Å². The summed E-state index contributed by atoms with van der Waals surface area (Å²) in [5, 5.41) is 18.1. The van der Waals surface area contributed by atoms with Crippen molar-refractivity contribution in [2.75, 3.05) is 20.8 Å². The van der Waals surface area contributed by atoms with Gasteiger partial charge in [0.2, 0.25) is 0 Å². The van der Waals surface area contributed by atoms with E-state index in [0.29, 0.717) is 41.4 Å². The molecule has 2 heterocycles. The summed E-state index contributed by atoms with van der Waals surface area (Å²) in [7, 11) is 3.21. The van der Waals surface area contributed by atoms with Gasteiger partial charge in [-0.05, 0) is 60.9 Å². The van der Waals surface area contributed by atoms with Crippen LogP contribution in [0.25, 0.3) is 11.3 Å². The Labute approximate surface area is 217 Å². The lowest BCUT2D eigenvalue weighted by atomic mass is 9.95. The fourth-order valence-electron chi connectivity index (χ4n) is 4.78. The highest BCUT2D eigenvalue weighted by atomic mass is 79.9. The summed E-state index contributed by atoms with van der Waals surface area (Å²) in [6.45, 7) is 2.44. The molecule has 3 aromatic carbocycles. The van der Waals surface area contributed by atoms with E-state index in [1.54, 1.807) is 20.3 Å². The first-order valence-electron chi connectivity index (χ1n) is 11.6. The maximum Gasteiger partial charge on any atom is 0.273 e. The molecule has 0 bridgehead atoms. The van der Waals surface area contributed by atoms with E-state index in [-0.39, 0.29) is 17.7 Å². The fraction of sp³-hybridized carbons (Fsp3) is 0.214. The number of aromatic amines is 1. The Hall–Kier alpha value is -3.78. The van der Waals surface area contributed by atoms with Gasteiger partial charge in [-0.1, -0.05) is 45.8 Å². The maximum atomic E-state index is 13.6. The van der Waals surface area contributed by atoms with E-state index in [0.717, 1.165) is 26.7 Å². The lowest BCUT2D eigenvalue weighted by molar-refractivity contribution is 0.0746. The Bertz CT molecular complexity index is 1450. The summed E-state index contributed by atoms with van der Waals surface area (Å²) in [6, 6.07) is 18.8. The van der Waals surface area contributed by atoms with E-state index in [4.69, 9.17) is 9.47 Å². The SMILES string of the molecule is COc1ccc(CCN2C(=O)c3[nH]nc(-c4cc(C)ccc4O)c3C2c2cccc(Br)c2)cc1OC. The van der Waals surface area contributed by atoms with Crippen LogP contribution in [0.5, 0.6) is 17.2 Å². The van der Waals surface area contributed by atoms with Crippen molar-refractivity contribution in [1.29, 1.82) is 0 Å². The number of H-pyrrole nitrogens is 1. The lowest BCUT2D eigenvalue weighted by Crippen LogP contribution is -2.31. The molecule has 36 heavy (non-hydrogen) atoms. The number of carbonyl (C=O) groups is 1. The van der Waals surface area contributed by atoms with Crippen LogP contribution in [-0.4, -0.2) is 46.9 Å². The number of aryl methyl sites for hydroxylation is 1. The second kappa shape index (κ2) is 9.70. The molecular weight excluding hydrogens is 522 g/mol. The quantitative estimate of drug-likeness (QED) is 0.311. The fourth-order valence-corrected chi connectivity index (χ4v) is 5.20. The highest BCUT2D eigenvalue weighted by Gasteiger charge is 2.42. The number of nitrogens with one attached hydrogen (secondary N) is 1. The van der Waals surface area contributed by atoms with E-state index in [9.17, 15) is 9.90 Å². The Morgan fingerprint density at radius 2 is 1.86 bits per heavy atom. The van der Waals surface area contributed by atoms with Crippen molar-refractivity contribution in [3.8, 4) is 28.5 Å². The van der Waals surface area contributed by atoms with Crippen molar-refractivity contribution in [2.45, 2.75) is 19.4 Å². The third-order valence-corrected chi connectivity index (χ3v) is 7.02. The molecular formula is C28H26BrN3O4. The van der Waals surface area contributed by atoms with Crippen molar-refractivity contribution < 1.29 is 19.4 Å². The zero-order valence-electron chi connectivity index (χ0n) is 20.2. The minimum atomic E-state index is -0.362. The first-order chi connectivity index (χ1) is 17.4. The lowest BCUT2D eigenvalue weighted by Gasteiger charge is -2.27. The van der Waals surface area contributed by atoms with E-state index in [1.165, 1.54) is 0 Å². The number of hydrogen-bond donors (Lipinski definition) is 2. The van der Waals surface area contributed by atoms with E-state index >= 15 is 0 Å². The molecule has 5 rings (SSSR count). The summed E-state index contributed by atoms with van der Waals surface area (Å²) in [5.41, 5.74) is 5.38. The van der Waals surface area contributed by atoms with Gasteiger partial charge in [0.05, 0.1) is 20.3 Å². The van der Waals surface area contributed by atoms with Crippen LogP contribution in [0.15, 0.2) is 65.1 Å². The summed E-state index contributed by atoms with van der Waals surface area (Å²) in [5.74, 6) is 1.31. The van der Waals surface area contributed by atoms with Crippen LogP contribution < -0.4 is 9.47 Å². The zero-order chi connectivity index (χ0) is 25.4. The Morgan fingerprint density at radius 1 is 1.06 bits per heavy atom. The minimum Gasteiger partial charge on any atom is -0.507 e. The number of methoxy groups -OCH3 is 2.